The van der Waals surface area contributed by atoms with Crippen LogP contribution in [0.2, 0.25) is 5.02 Å². The maximum absolute atomic E-state index is 16.8. The minimum absolute atomic E-state index is 0.0418. The lowest BCUT2D eigenvalue weighted by Crippen LogP contribution is -2.43. The van der Waals surface area contributed by atoms with Crippen LogP contribution in [0, 0.1) is 5.82 Å². The maximum atomic E-state index is 16.8. The molecule has 10 nitrogen and oxygen atoms in total. The van der Waals surface area contributed by atoms with Gasteiger partial charge in [-0.05, 0) is 56.6 Å². The second kappa shape index (κ2) is 12.9. The molecule has 2 amide bonds. The molecule has 1 atom stereocenters. The standard InChI is InChI=1S/C36H39ClFN7O3/c1-42(2)28(46)12-13-29(47)44-19-14-24(21-44)43(3)34-26-20-39-32(25-10-4-8-23-9-5-11-27(37)30(23)25)31(38)33(26)40-35(41-34)48-22-36-15-6-17-45(36)18-7-16-36/h4-5,8-13,20,24H,6-7,14-19,21-22H2,1-3H3/b13-12+/t24-/m1/s1. The number of ether oxygens (including phenoxy) is 1. The molecule has 0 spiro atoms. The largest absolute Gasteiger partial charge is 0.461 e. The van der Waals surface area contributed by atoms with Crippen LogP contribution in [0.5, 0.6) is 6.01 Å². The van der Waals surface area contributed by atoms with E-state index in [2.05, 4.69) is 14.9 Å². The third kappa shape index (κ3) is 5.83. The Bertz CT molecular complexity index is 1920. The van der Waals surface area contributed by atoms with E-state index in [-0.39, 0.29) is 40.6 Å². The van der Waals surface area contributed by atoms with Crippen LogP contribution < -0.4 is 9.64 Å². The number of hydrogen-bond acceptors (Lipinski definition) is 8. The number of amides is 2. The quantitative estimate of drug-likeness (QED) is 0.232. The maximum Gasteiger partial charge on any atom is 0.319 e. The van der Waals surface area contributed by atoms with Gasteiger partial charge < -0.3 is 19.4 Å². The summed E-state index contributed by atoms with van der Waals surface area (Å²) in [4.78, 5) is 46.6. The van der Waals surface area contributed by atoms with E-state index in [9.17, 15) is 9.59 Å². The predicted octanol–water partition coefficient (Wildman–Crippen LogP) is 5.33. The second-order valence-electron chi connectivity index (χ2n) is 13.3. The Balaban J connectivity index is 1.25. The molecule has 0 saturated carbocycles. The van der Waals surface area contributed by atoms with Gasteiger partial charge in [-0.2, -0.15) is 9.97 Å². The summed E-state index contributed by atoms with van der Waals surface area (Å²) in [5, 5.41) is 2.55. The van der Waals surface area contributed by atoms with E-state index in [1.807, 2.05) is 42.3 Å². The molecule has 3 aliphatic rings. The Kier molecular flexibility index (Phi) is 8.68. The number of rotatable bonds is 8. The number of aromatic nitrogens is 3. The van der Waals surface area contributed by atoms with Crippen molar-refractivity contribution in [1.82, 2.24) is 29.7 Å². The number of carbonyl (C=O) groups excluding carboxylic acids is 2. The zero-order valence-electron chi connectivity index (χ0n) is 27.5. The number of nitrogens with zero attached hydrogens (tertiary/aromatic N) is 7. The fourth-order valence-electron chi connectivity index (χ4n) is 7.52. The lowest BCUT2D eigenvalue weighted by atomic mass is 9.95. The van der Waals surface area contributed by atoms with Gasteiger partial charge in [-0.15, -0.1) is 0 Å². The topological polar surface area (TPSA) is 95.0 Å². The van der Waals surface area contributed by atoms with Crippen molar-refractivity contribution in [1.29, 1.82) is 0 Å². The molecule has 3 fully saturated rings. The molecule has 0 bridgehead atoms. The van der Waals surface area contributed by atoms with Gasteiger partial charge >= 0.3 is 6.01 Å². The molecule has 48 heavy (non-hydrogen) atoms. The summed E-state index contributed by atoms with van der Waals surface area (Å²) in [6.45, 7) is 3.48. The van der Waals surface area contributed by atoms with Gasteiger partial charge in [-0.3, -0.25) is 19.5 Å². The summed E-state index contributed by atoms with van der Waals surface area (Å²) in [6.07, 6.45) is 9.24. The molecule has 5 heterocycles. The van der Waals surface area contributed by atoms with Crippen LogP contribution in [-0.4, -0.2) is 107 Å². The summed E-state index contributed by atoms with van der Waals surface area (Å²) in [6, 6.07) is 11.2. The van der Waals surface area contributed by atoms with Crippen LogP contribution in [0.25, 0.3) is 32.9 Å². The van der Waals surface area contributed by atoms with Crippen molar-refractivity contribution < 1.29 is 18.7 Å². The summed E-state index contributed by atoms with van der Waals surface area (Å²) < 4.78 is 23.1. The van der Waals surface area contributed by atoms with Gasteiger partial charge in [-0.25, -0.2) is 4.39 Å². The van der Waals surface area contributed by atoms with Crippen molar-refractivity contribution in [2.24, 2.45) is 0 Å². The fraction of sp³-hybridized carbons (Fsp3) is 0.417. The first-order chi connectivity index (χ1) is 23.1. The first kappa shape index (κ1) is 32.2. The Morgan fingerprint density at radius 3 is 2.56 bits per heavy atom. The molecular weight excluding hydrogens is 633 g/mol. The van der Waals surface area contributed by atoms with Crippen LogP contribution in [0.15, 0.2) is 54.7 Å². The SMILES string of the molecule is CN(C)C(=O)/C=C/C(=O)N1CC[C@@H](N(C)c2nc(OCC34CCCN3CCC4)nc3c(F)c(-c4cccc5cccc(Cl)c45)ncc23)C1. The third-order valence-corrected chi connectivity index (χ3v) is 10.5. The summed E-state index contributed by atoms with van der Waals surface area (Å²) in [5.41, 5.74) is 0.789. The number of halogens is 2. The van der Waals surface area contributed by atoms with Crippen molar-refractivity contribution in [2.75, 3.05) is 58.8 Å². The fourth-order valence-corrected chi connectivity index (χ4v) is 7.81. The first-order valence-corrected chi connectivity index (χ1v) is 16.9. The minimum atomic E-state index is -0.581. The number of pyridine rings is 1. The number of likely N-dealkylation sites (N-methyl/N-ethyl adjacent to an activating group) is 2. The third-order valence-electron chi connectivity index (χ3n) is 10.2. The van der Waals surface area contributed by atoms with Crippen LogP contribution in [0.3, 0.4) is 0 Å². The van der Waals surface area contributed by atoms with Gasteiger partial charge in [0.25, 0.3) is 0 Å². The predicted molar refractivity (Wildman–Crippen MR) is 185 cm³/mol. The number of carbonyl (C=O) groups is 2. The molecule has 7 rings (SSSR count). The molecule has 2 aromatic heterocycles. The van der Waals surface area contributed by atoms with E-state index >= 15 is 4.39 Å². The van der Waals surface area contributed by atoms with Gasteiger partial charge in [0.2, 0.25) is 11.8 Å². The monoisotopic (exact) mass is 671 g/mol. The van der Waals surface area contributed by atoms with Gasteiger partial charge in [0.05, 0.1) is 10.9 Å². The Labute approximate surface area is 284 Å². The molecule has 3 aliphatic heterocycles. The second-order valence-corrected chi connectivity index (χ2v) is 13.7. The highest BCUT2D eigenvalue weighted by Crippen LogP contribution is 2.40. The zero-order chi connectivity index (χ0) is 33.6. The summed E-state index contributed by atoms with van der Waals surface area (Å²) in [7, 11) is 5.16. The molecule has 0 radical (unpaired) electrons. The van der Waals surface area contributed by atoms with Crippen molar-refractivity contribution in [3.05, 3.63) is 65.6 Å². The number of fused-ring (bicyclic) bond motifs is 3. The van der Waals surface area contributed by atoms with Crippen molar-refractivity contribution in [2.45, 2.75) is 43.7 Å². The van der Waals surface area contributed by atoms with Crippen molar-refractivity contribution >= 4 is 50.9 Å². The van der Waals surface area contributed by atoms with Crippen LogP contribution in [0.4, 0.5) is 10.2 Å². The normalized spacial score (nSPS) is 19.0. The zero-order valence-corrected chi connectivity index (χ0v) is 28.2. The van der Waals surface area contributed by atoms with E-state index in [1.165, 1.54) is 17.1 Å². The van der Waals surface area contributed by atoms with E-state index in [1.54, 1.807) is 31.3 Å². The summed E-state index contributed by atoms with van der Waals surface area (Å²) in [5.74, 6) is -0.592. The van der Waals surface area contributed by atoms with Gasteiger partial charge in [0.15, 0.2) is 5.82 Å². The van der Waals surface area contributed by atoms with Gasteiger partial charge in [0.1, 0.15) is 23.6 Å². The van der Waals surface area contributed by atoms with Crippen LogP contribution in [0.1, 0.15) is 32.1 Å². The van der Waals surface area contributed by atoms with E-state index < -0.39 is 5.82 Å². The minimum Gasteiger partial charge on any atom is -0.461 e. The average molecular weight is 672 g/mol. The Hall–Kier alpha value is -4.35. The lowest BCUT2D eigenvalue weighted by molar-refractivity contribution is -0.126. The molecule has 0 N–H and O–H groups in total. The smallest absolute Gasteiger partial charge is 0.319 e. The van der Waals surface area contributed by atoms with Gasteiger partial charge in [0, 0.05) is 74.6 Å². The summed E-state index contributed by atoms with van der Waals surface area (Å²) >= 11 is 6.62. The molecule has 4 aromatic rings. The van der Waals surface area contributed by atoms with Gasteiger partial charge in [-0.1, -0.05) is 41.9 Å². The molecule has 250 valence electrons. The molecule has 0 aliphatic carbocycles. The molecule has 3 saturated heterocycles. The average Bonchev–Trinajstić information content (AvgIpc) is 3.83. The molecule has 0 unspecified atom stereocenters. The number of hydrogen-bond donors (Lipinski definition) is 0. The van der Waals surface area contributed by atoms with E-state index in [0.29, 0.717) is 53.3 Å². The van der Waals surface area contributed by atoms with E-state index in [0.717, 1.165) is 44.2 Å². The Morgan fingerprint density at radius 1 is 1.06 bits per heavy atom. The Morgan fingerprint density at radius 2 is 1.81 bits per heavy atom. The van der Waals surface area contributed by atoms with Crippen LogP contribution in [-0.2, 0) is 9.59 Å². The molecule has 2 aromatic carbocycles. The lowest BCUT2D eigenvalue weighted by Gasteiger charge is -2.31. The number of benzene rings is 2. The van der Waals surface area contributed by atoms with Crippen molar-refractivity contribution in [3.8, 4) is 17.3 Å². The molecule has 12 heteroatoms. The highest BCUT2D eigenvalue weighted by molar-refractivity contribution is 6.36. The number of likely N-dealkylation sites (tertiary alicyclic amines) is 1. The van der Waals surface area contributed by atoms with E-state index in [4.69, 9.17) is 21.3 Å². The molecular formula is C36H39ClFN7O3. The highest BCUT2D eigenvalue weighted by atomic mass is 35.5. The van der Waals surface area contributed by atoms with Crippen LogP contribution >= 0.6 is 11.6 Å². The highest BCUT2D eigenvalue weighted by Gasteiger charge is 2.45. The van der Waals surface area contributed by atoms with Crippen molar-refractivity contribution in [3.63, 3.8) is 0 Å². The first-order valence-electron chi connectivity index (χ1n) is 16.5. The number of anilines is 1.